The molecule has 1 aliphatic heterocycles. The van der Waals surface area contributed by atoms with Gasteiger partial charge < -0.3 is 110 Å². The third-order valence-corrected chi connectivity index (χ3v) is 11.9. The van der Waals surface area contributed by atoms with Gasteiger partial charge in [-0.25, -0.2) is 0 Å². The first-order chi connectivity index (χ1) is 37.6. The summed E-state index contributed by atoms with van der Waals surface area (Å²) in [7, 11) is 0. The number of carbonyl (C=O) groups excluding carboxylic acids is 9. The van der Waals surface area contributed by atoms with Crippen molar-refractivity contribution >= 4 is 77.0 Å². The summed E-state index contributed by atoms with van der Waals surface area (Å²) in [5.74, 6) is -10.6. The molecule has 1 fully saturated rings. The molecule has 0 bridgehead atoms. The number of aliphatic imine (C=N–C) groups is 4. The first-order valence-corrected chi connectivity index (χ1v) is 25.7. The number of benzene rings is 1. The number of guanidine groups is 4. The number of hydrogen-bond donors (Lipinski definition) is 20. The van der Waals surface area contributed by atoms with E-state index in [2.05, 4.69) is 67.8 Å². The standard InChI is InChI=1S/C47H82N22O11/c1-22(2)20-31-40(77)65-27(11-16-58-44(49)50)36(73)64-30(14-19-61-47(55)56)39(76)69-34(24(4)71)43(80)57-15-10-26(62-37(74)29(13-18-60-46(53)54)66-42(79)33(48)23(3)70)35(72)63-28(12-17-59-45(51)52)38(75)68-32(41(78)67-31)21-25-8-6-5-7-9-25/h5-9,22-24,26-34,70-71H,10-21,48H2,1-4H3,(H,57,80)(H,62,74)(H,63,72)(H,64,73)(H,65,77)(H,66,79)(H,67,78)(H,68,75)(H,69,76)(H4,49,50,58)(H4,51,52,59)(H4,53,54,60)(H4,55,56,61)/t23-,24-,26-,27+,28-,29+,30-,31-,32+,33+,34+/m1/s1. The number of aliphatic hydroxyl groups excluding tert-OH is 2. The highest BCUT2D eigenvalue weighted by molar-refractivity contribution is 5.98. The van der Waals surface area contributed by atoms with Crippen LogP contribution in [0.2, 0.25) is 0 Å². The van der Waals surface area contributed by atoms with E-state index < -0.39 is 133 Å². The van der Waals surface area contributed by atoms with Crippen molar-refractivity contribution < 1.29 is 53.4 Å². The fourth-order valence-corrected chi connectivity index (χ4v) is 7.63. The lowest BCUT2D eigenvalue weighted by molar-refractivity contribution is -0.136. The van der Waals surface area contributed by atoms with E-state index in [-0.39, 0.29) is 94.5 Å². The summed E-state index contributed by atoms with van der Waals surface area (Å²) in [4.78, 5) is 143. The molecular formula is C47H82N22O11. The highest BCUT2D eigenvalue weighted by Crippen LogP contribution is 2.12. The number of nitrogens with two attached hydrogens (primary N) is 9. The van der Waals surface area contributed by atoms with Gasteiger partial charge in [0.05, 0.1) is 12.2 Å². The zero-order chi connectivity index (χ0) is 60.2. The van der Waals surface area contributed by atoms with Gasteiger partial charge in [0.25, 0.3) is 0 Å². The molecule has 33 nitrogen and oxygen atoms in total. The minimum atomic E-state index is -1.76. The second kappa shape index (κ2) is 34.3. The van der Waals surface area contributed by atoms with Gasteiger partial charge in [-0.3, -0.25) is 63.1 Å². The van der Waals surface area contributed by atoms with Gasteiger partial charge in [0.15, 0.2) is 23.8 Å². The summed E-state index contributed by atoms with van der Waals surface area (Å²) >= 11 is 0. The minimum Gasteiger partial charge on any atom is -0.391 e. The van der Waals surface area contributed by atoms with E-state index in [0.717, 1.165) is 0 Å². The normalized spacial score (nSPS) is 22.5. The third-order valence-electron chi connectivity index (χ3n) is 11.9. The minimum absolute atomic E-state index is 0.0192. The molecule has 0 aromatic heterocycles. The van der Waals surface area contributed by atoms with Crippen LogP contribution in [0.25, 0.3) is 0 Å². The average molecular weight is 1130 g/mol. The van der Waals surface area contributed by atoms with E-state index in [1.807, 2.05) is 0 Å². The van der Waals surface area contributed by atoms with E-state index in [1.54, 1.807) is 44.2 Å². The van der Waals surface area contributed by atoms with E-state index >= 15 is 0 Å². The lowest BCUT2D eigenvalue weighted by Gasteiger charge is -2.28. The molecule has 0 aliphatic carbocycles. The molecule has 1 aliphatic rings. The van der Waals surface area contributed by atoms with Gasteiger partial charge in [-0.2, -0.15) is 0 Å². The Balaban J connectivity index is 2.93. The molecule has 0 spiro atoms. The molecule has 2 rings (SSSR count). The fourth-order valence-electron chi connectivity index (χ4n) is 7.63. The molecule has 446 valence electrons. The third kappa shape index (κ3) is 25.3. The van der Waals surface area contributed by atoms with Gasteiger partial charge in [0.1, 0.15) is 54.4 Å². The number of nitrogens with one attached hydrogen (secondary N) is 9. The highest BCUT2D eigenvalue weighted by Gasteiger charge is 2.37. The second-order valence-electron chi connectivity index (χ2n) is 19.2. The Labute approximate surface area is 462 Å². The smallest absolute Gasteiger partial charge is 0.245 e. The highest BCUT2D eigenvalue weighted by atomic mass is 16.3. The monoisotopic (exact) mass is 1130 g/mol. The van der Waals surface area contributed by atoms with E-state index in [1.165, 1.54) is 13.8 Å². The maximum Gasteiger partial charge on any atom is 0.245 e. The van der Waals surface area contributed by atoms with Crippen molar-refractivity contribution in [2.75, 3.05) is 32.7 Å². The molecule has 9 amide bonds. The molecule has 0 radical (unpaired) electrons. The maximum absolute atomic E-state index is 14.6. The zero-order valence-electron chi connectivity index (χ0n) is 45.4. The van der Waals surface area contributed by atoms with Crippen LogP contribution in [0, 0.1) is 5.92 Å². The Morgan fingerprint density at radius 3 is 1.46 bits per heavy atom. The molecule has 11 atom stereocenters. The Kier molecular flexibility index (Phi) is 29.0. The average Bonchev–Trinajstić information content (AvgIpc) is 3.36. The summed E-state index contributed by atoms with van der Waals surface area (Å²) in [5, 5.41) is 43.7. The van der Waals surface area contributed by atoms with Gasteiger partial charge in [0, 0.05) is 39.1 Å². The van der Waals surface area contributed by atoms with Crippen molar-refractivity contribution in [3.63, 3.8) is 0 Å². The van der Waals surface area contributed by atoms with Gasteiger partial charge in [-0.15, -0.1) is 0 Å². The van der Waals surface area contributed by atoms with Crippen molar-refractivity contribution in [1.82, 2.24) is 47.9 Å². The Bertz CT molecular complexity index is 2370. The number of rotatable bonds is 22. The predicted octanol–water partition coefficient (Wildman–Crippen LogP) is -9.58. The second-order valence-corrected chi connectivity index (χ2v) is 19.2. The van der Waals surface area contributed by atoms with Crippen molar-refractivity contribution in [2.45, 2.75) is 139 Å². The van der Waals surface area contributed by atoms with Crippen LogP contribution in [0.15, 0.2) is 50.3 Å². The number of nitrogens with zero attached hydrogens (tertiary/aromatic N) is 4. The quantitative estimate of drug-likeness (QED) is 0.0379. The lowest BCUT2D eigenvalue weighted by atomic mass is 10.00. The molecule has 1 aromatic carbocycles. The van der Waals surface area contributed by atoms with Gasteiger partial charge >= 0.3 is 0 Å². The first-order valence-electron chi connectivity index (χ1n) is 25.7. The topological polar surface area (TPSA) is 586 Å². The van der Waals surface area contributed by atoms with Crippen LogP contribution >= 0.6 is 0 Å². The van der Waals surface area contributed by atoms with Crippen LogP contribution in [0.4, 0.5) is 0 Å². The fraction of sp³-hybridized carbons (Fsp3) is 0.596. The van der Waals surface area contributed by atoms with Crippen molar-refractivity contribution in [2.24, 2.45) is 77.5 Å². The molecule has 1 aromatic rings. The van der Waals surface area contributed by atoms with E-state index in [0.29, 0.717) is 5.56 Å². The van der Waals surface area contributed by atoms with Crippen molar-refractivity contribution in [3.8, 4) is 0 Å². The van der Waals surface area contributed by atoms with Crippen LogP contribution in [0.5, 0.6) is 0 Å². The van der Waals surface area contributed by atoms with Crippen LogP contribution in [0.1, 0.15) is 71.8 Å². The van der Waals surface area contributed by atoms with Crippen molar-refractivity contribution in [3.05, 3.63) is 35.9 Å². The van der Waals surface area contributed by atoms with Gasteiger partial charge in [-0.05, 0) is 63.9 Å². The Hall–Kier alpha value is -8.59. The number of amides is 9. The maximum atomic E-state index is 14.6. The Morgan fingerprint density at radius 2 is 1.00 bits per heavy atom. The SMILES string of the molecule is CC(C)C[C@H]1NC(=O)[C@H](Cc2ccccc2)NC(=O)[C@@H](CCN=C(N)N)NC(=O)[C@H](NC(=O)[C@H](CCN=C(N)N)NC(=O)[C@@H](N)[C@@H](C)O)CCNC(=O)[C@H]([C@@H](C)O)NC(=O)[C@@H](CCN=C(N)N)NC(=O)[C@H](CCN=C(N)N)NC1=O. The van der Waals surface area contributed by atoms with Gasteiger partial charge in [0.2, 0.25) is 53.2 Å². The summed E-state index contributed by atoms with van der Waals surface area (Å²) in [5.41, 5.74) is 50.7. The Morgan fingerprint density at radius 1 is 0.575 bits per heavy atom. The lowest BCUT2D eigenvalue weighted by Crippen LogP contribution is -2.61. The number of aliphatic hydroxyl groups is 2. The van der Waals surface area contributed by atoms with Crippen LogP contribution in [-0.2, 0) is 49.6 Å². The largest absolute Gasteiger partial charge is 0.391 e. The number of hydrogen-bond acceptors (Lipinski definition) is 16. The summed E-state index contributed by atoms with van der Waals surface area (Å²) < 4.78 is 0. The molecule has 33 heteroatoms. The molecule has 29 N–H and O–H groups in total. The van der Waals surface area contributed by atoms with Crippen molar-refractivity contribution in [1.29, 1.82) is 0 Å². The van der Waals surface area contributed by atoms with Crippen LogP contribution in [-0.4, -0.2) is 187 Å². The first kappa shape index (κ1) is 67.5. The molecule has 1 heterocycles. The van der Waals surface area contributed by atoms with Crippen LogP contribution in [0.3, 0.4) is 0 Å². The molecule has 0 unspecified atom stereocenters. The predicted molar refractivity (Wildman–Crippen MR) is 295 cm³/mol. The molecule has 80 heavy (non-hydrogen) atoms. The zero-order valence-corrected chi connectivity index (χ0v) is 45.4. The van der Waals surface area contributed by atoms with E-state index in [9.17, 15) is 53.4 Å². The van der Waals surface area contributed by atoms with E-state index in [4.69, 9.17) is 51.6 Å². The van der Waals surface area contributed by atoms with Gasteiger partial charge in [-0.1, -0.05) is 44.2 Å². The summed E-state index contributed by atoms with van der Waals surface area (Å²) in [6.45, 7) is 4.42. The molecule has 0 saturated carbocycles. The summed E-state index contributed by atoms with van der Waals surface area (Å²) in [6.07, 6.45) is -4.87. The summed E-state index contributed by atoms with van der Waals surface area (Å²) in [6, 6.07) is -5.59. The molecule has 1 saturated heterocycles. The van der Waals surface area contributed by atoms with Crippen LogP contribution < -0.4 is 99.5 Å². The molecular weight excluding hydrogens is 1050 g/mol. The number of carbonyl (C=O) groups is 9.